The number of rotatable bonds is 4. The molecule has 2 N–H and O–H groups in total. The SMILES string of the molecule is CC1(C)O[C@@H]2[C@@H](CO)C[C@@H](n3cnc4c(ncn4[C@@H]4O[C@H](CO)[C@H]5OC(C)(C)O[C@H]54)c3=O)[C@@H]2O1. The van der Waals surface area contributed by atoms with Crippen molar-refractivity contribution in [3.05, 3.63) is 23.0 Å². The van der Waals surface area contributed by atoms with Crippen molar-refractivity contribution < 1.29 is 33.9 Å². The average molecular weight is 479 g/mol. The monoisotopic (exact) mass is 478 g/mol. The second-order valence-corrected chi connectivity index (χ2v) is 10.4. The van der Waals surface area contributed by atoms with Crippen LogP contribution in [0.3, 0.4) is 0 Å². The maximum Gasteiger partial charge on any atom is 0.281 e. The van der Waals surface area contributed by atoms with Gasteiger partial charge in [0, 0.05) is 12.5 Å². The topological polar surface area (TPSA) is 139 Å². The highest BCUT2D eigenvalue weighted by Gasteiger charge is 2.57. The molecule has 0 amide bonds. The fourth-order valence-corrected chi connectivity index (χ4v) is 5.89. The zero-order valence-corrected chi connectivity index (χ0v) is 19.5. The summed E-state index contributed by atoms with van der Waals surface area (Å²) in [5, 5.41) is 19.6. The van der Waals surface area contributed by atoms with Gasteiger partial charge in [0.25, 0.3) is 5.56 Å². The zero-order valence-electron chi connectivity index (χ0n) is 19.5. The Labute approximate surface area is 195 Å². The van der Waals surface area contributed by atoms with Crippen molar-refractivity contribution in [2.45, 2.75) is 88.5 Å². The summed E-state index contributed by atoms with van der Waals surface area (Å²) in [6.45, 7) is 7.00. The first-order valence-corrected chi connectivity index (χ1v) is 11.6. The Bertz CT molecular complexity index is 1160. The number of hydrogen-bond acceptors (Lipinski definition) is 10. The second kappa shape index (κ2) is 7.53. The molecule has 0 aromatic carbocycles. The fraction of sp³-hybridized carbons (Fsp3) is 0.773. The van der Waals surface area contributed by atoms with E-state index in [1.807, 2.05) is 27.7 Å². The van der Waals surface area contributed by atoms with Gasteiger partial charge in [-0.05, 0) is 34.1 Å². The molecule has 2 aromatic heterocycles. The molecule has 0 spiro atoms. The molecule has 8 atom stereocenters. The minimum Gasteiger partial charge on any atom is -0.396 e. The van der Waals surface area contributed by atoms with E-state index in [-0.39, 0.29) is 48.5 Å². The predicted octanol–water partition coefficient (Wildman–Crippen LogP) is 0.0762. The Kier molecular flexibility index (Phi) is 4.99. The lowest BCUT2D eigenvalue weighted by Crippen LogP contribution is -2.34. The Morgan fingerprint density at radius 3 is 2.26 bits per heavy atom. The number of aliphatic hydroxyl groups excluding tert-OH is 2. The molecule has 12 heteroatoms. The lowest BCUT2D eigenvalue weighted by atomic mass is 10.1. The van der Waals surface area contributed by atoms with Crippen molar-refractivity contribution in [1.29, 1.82) is 0 Å². The quantitative estimate of drug-likeness (QED) is 0.621. The summed E-state index contributed by atoms with van der Waals surface area (Å²) in [5.41, 5.74) is 0.237. The lowest BCUT2D eigenvalue weighted by Gasteiger charge is -2.24. The van der Waals surface area contributed by atoms with Gasteiger partial charge < -0.3 is 33.9 Å². The lowest BCUT2D eigenvalue weighted by molar-refractivity contribution is -0.199. The molecular weight excluding hydrogens is 448 g/mol. The molecule has 3 saturated heterocycles. The minimum absolute atomic E-state index is 0.0534. The van der Waals surface area contributed by atoms with Crippen molar-refractivity contribution in [3.8, 4) is 0 Å². The molecule has 4 fully saturated rings. The zero-order chi connectivity index (χ0) is 24.0. The van der Waals surface area contributed by atoms with E-state index in [0.717, 1.165) is 0 Å². The summed E-state index contributed by atoms with van der Waals surface area (Å²) >= 11 is 0. The van der Waals surface area contributed by atoms with Gasteiger partial charge in [-0.3, -0.25) is 13.9 Å². The highest BCUT2D eigenvalue weighted by atomic mass is 16.8. The summed E-state index contributed by atoms with van der Waals surface area (Å²) in [5.74, 6) is -1.75. The first kappa shape index (κ1) is 22.5. The fourth-order valence-electron chi connectivity index (χ4n) is 5.89. The van der Waals surface area contributed by atoms with Crippen molar-refractivity contribution in [3.63, 3.8) is 0 Å². The second-order valence-electron chi connectivity index (χ2n) is 10.4. The number of imidazole rings is 1. The molecule has 5 heterocycles. The van der Waals surface area contributed by atoms with Gasteiger partial charge in [-0.2, -0.15) is 0 Å². The third-order valence-corrected chi connectivity index (χ3v) is 7.23. The van der Waals surface area contributed by atoms with Crippen molar-refractivity contribution in [2.75, 3.05) is 13.2 Å². The van der Waals surface area contributed by atoms with Crippen LogP contribution in [0.4, 0.5) is 0 Å². The molecule has 1 aliphatic carbocycles. The van der Waals surface area contributed by atoms with Gasteiger partial charge in [0.05, 0.1) is 25.1 Å². The summed E-state index contributed by atoms with van der Waals surface area (Å²) in [6.07, 6.45) is 0.703. The number of nitrogens with zero attached hydrogens (tertiary/aromatic N) is 4. The van der Waals surface area contributed by atoms with E-state index in [9.17, 15) is 15.0 Å². The van der Waals surface area contributed by atoms with E-state index in [1.165, 1.54) is 17.2 Å². The van der Waals surface area contributed by atoms with Crippen LogP contribution < -0.4 is 5.56 Å². The molecule has 12 nitrogen and oxygen atoms in total. The molecule has 4 aliphatic rings. The first-order valence-electron chi connectivity index (χ1n) is 11.6. The van der Waals surface area contributed by atoms with Crippen LogP contribution in [0.25, 0.3) is 11.2 Å². The van der Waals surface area contributed by atoms with Crippen molar-refractivity contribution in [1.82, 2.24) is 19.1 Å². The van der Waals surface area contributed by atoms with Gasteiger partial charge in [0.2, 0.25) is 0 Å². The number of ether oxygens (including phenoxy) is 5. The summed E-state index contributed by atoms with van der Waals surface area (Å²) in [6, 6.07) is -0.336. The minimum atomic E-state index is -0.819. The van der Waals surface area contributed by atoms with Crippen LogP contribution in [0, 0.1) is 5.92 Å². The van der Waals surface area contributed by atoms with Gasteiger partial charge in [-0.25, -0.2) is 9.97 Å². The Hall–Kier alpha value is -1.93. The summed E-state index contributed by atoms with van der Waals surface area (Å²) < 4.78 is 33.3. The molecule has 2 aromatic rings. The van der Waals surface area contributed by atoms with Gasteiger partial charge in [0.1, 0.15) is 30.7 Å². The van der Waals surface area contributed by atoms with E-state index in [2.05, 4.69) is 9.97 Å². The third kappa shape index (κ3) is 3.28. The predicted molar refractivity (Wildman–Crippen MR) is 115 cm³/mol. The van der Waals surface area contributed by atoms with Crippen LogP contribution in [0.15, 0.2) is 17.4 Å². The van der Waals surface area contributed by atoms with Crippen LogP contribution in [0.5, 0.6) is 0 Å². The summed E-state index contributed by atoms with van der Waals surface area (Å²) in [7, 11) is 0. The molecule has 6 rings (SSSR count). The molecule has 0 unspecified atom stereocenters. The third-order valence-electron chi connectivity index (χ3n) is 7.23. The van der Waals surface area contributed by atoms with Gasteiger partial charge >= 0.3 is 0 Å². The van der Waals surface area contributed by atoms with Crippen molar-refractivity contribution >= 4 is 11.2 Å². The maximum atomic E-state index is 13.5. The Morgan fingerprint density at radius 2 is 1.56 bits per heavy atom. The normalized spacial score (nSPS) is 40.2. The van der Waals surface area contributed by atoms with Crippen LogP contribution in [-0.4, -0.2) is 84.6 Å². The van der Waals surface area contributed by atoms with Gasteiger partial charge in [-0.15, -0.1) is 0 Å². The van der Waals surface area contributed by atoms with E-state index in [1.54, 1.807) is 4.57 Å². The van der Waals surface area contributed by atoms with E-state index in [0.29, 0.717) is 12.1 Å². The largest absolute Gasteiger partial charge is 0.396 e. The van der Waals surface area contributed by atoms with Crippen LogP contribution in [0.1, 0.15) is 46.4 Å². The molecule has 0 radical (unpaired) electrons. The molecule has 34 heavy (non-hydrogen) atoms. The van der Waals surface area contributed by atoms with E-state index >= 15 is 0 Å². The van der Waals surface area contributed by atoms with Gasteiger partial charge in [-0.1, -0.05) is 0 Å². The first-order chi connectivity index (χ1) is 16.1. The maximum absolute atomic E-state index is 13.5. The average Bonchev–Trinajstić information content (AvgIpc) is 3.54. The molecule has 0 bridgehead atoms. The number of hydrogen-bond donors (Lipinski definition) is 2. The molecule has 3 aliphatic heterocycles. The van der Waals surface area contributed by atoms with Crippen LogP contribution in [0.2, 0.25) is 0 Å². The van der Waals surface area contributed by atoms with E-state index < -0.39 is 36.1 Å². The number of aromatic nitrogens is 4. The van der Waals surface area contributed by atoms with Gasteiger partial charge in [0.15, 0.2) is 29.0 Å². The van der Waals surface area contributed by atoms with Crippen LogP contribution in [-0.2, 0) is 23.7 Å². The van der Waals surface area contributed by atoms with E-state index in [4.69, 9.17) is 23.7 Å². The Balaban J connectivity index is 1.35. The highest BCUT2D eigenvalue weighted by Crippen LogP contribution is 2.47. The number of fused-ring (bicyclic) bond motifs is 3. The summed E-state index contributed by atoms with van der Waals surface area (Å²) in [4.78, 5) is 22.4. The van der Waals surface area contributed by atoms with Crippen molar-refractivity contribution in [2.24, 2.45) is 5.92 Å². The Morgan fingerprint density at radius 1 is 0.912 bits per heavy atom. The molecular formula is C22H30N4O8. The number of aliphatic hydroxyl groups is 2. The molecule has 186 valence electrons. The molecule has 1 saturated carbocycles. The van der Waals surface area contributed by atoms with Crippen LogP contribution >= 0.6 is 0 Å². The smallest absolute Gasteiger partial charge is 0.281 e. The highest BCUT2D eigenvalue weighted by molar-refractivity contribution is 5.69. The standard InChI is InChI=1S/C22H30N4O8/c1-21(2)31-14-10(6-27)5-11(15(14)32-21)25-9-24-18-13(19(25)29)23-8-26(18)20-17-16(12(7-28)30-20)33-22(3,4)34-17/h8-12,14-17,20,27-28H,5-7H2,1-4H3/t10-,11-,12-,14-,15+,16-,17-,20-/m1/s1.